The second-order valence-corrected chi connectivity index (χ2v) is 8.06. The number of thiophene rings is 1. The molecule has 0 saturated carbocycles. The first-order valence-corrected chi connectivity index (χ1v) is 8.76. The van der Waals surface area contributed by atoms with Crippen molar-refractivity contribution in [3.05, 3.63) is 37.2 Å². The van der Waals surface area contributed by atoms with Gasteiger partial charge in [-0.15, -0.1) is 11.3 Å². The fraction of sp³-hybridized carbons (Fsp3) is 0.462. The third kappa shape index (κ3) is 3.68. The van der Waals surface area contributed by atoms with Crippen LogP contribution in [0.25, 0.3) is 0 Å². The molecule has 2 rings (SSSR count). The lowest BCUT2D eigenvalue weighted by molar-refractivity contribution is 0.597. The molecule has 6 heteroatoms. The van der Waals surface area contributed by atoms with Crippen LogP contribution in [-0.4, -0.2) is 16.3 Å². The van der Waals surface area contributed by atoms with Gasteiger partial charge in [-0.3, -0.25) is 4.68 Å². The van der Waals surface area contributed by atoms with Gasteiger partial charge in [0.1, 0.15) is 0 Å². The molecule has 2 aromatic rings. The van der Waals surface area contributed by atoms with Crippen molar-refractivity contribution >= 4 is 43.2 Å². The zero-order valence-corrected chi connectivity index (χ0v) is 15.0. The largest absolute Gasteiger partial charge is 0.306 e. The Morgan fingerprint density at radius 3 is 2.79 bits per heavy atom. The van der Waals surface area contributed by atoms with Gasteiger partial charge in [0, 0.05) is 18.3 Å². The number of rotatable bonds is 6. The second kappa shape index (κ2) is 7.02. The number of aromatic nitrogens is 2. The number of nitrogens with one attached hydrogen (secondary N) is 1. The maximum atomic E-state index is 4.42. The highest BCUT2D eigenvalue weighted by atomic mass is 79.9. The summed E-state index contributed by atoms with van der Waals surface area (Å²) in [6.45, 7) is 6.17. The van der Waals surface area contributed by atoms with Gasteiger partial charge in [-0.25, -0.2) is 0 Å². The van der Waals surface area contributed by atoms with E-state index in [-0.39, 0.29) is 6.04 Å². The lowest BCUT2D eigenvalue weighted by atomic mass is 10.1. The molecule has 0 radical (unpaired) electrons. The molecule has 1 unspecified atom stereocenters. The van der Waals surface area contributed by atoms with E-state index < -0.39 is 0 Å². The van der Waals surface area contributed by atoms with Crippen molar-refractivity contribution in [3.63, 3.8) is 0 Å². The number of hydrogen-bond acceptors (Lipinski definition) is 3. The highest BCUT2D eigenvalue weighted by Gasteiger charge is 2.19. The number of aryl methyl sites for hydroxylation is 1. The maximum absolute atomic E-state index is 4.42. The third-order valence-electron chi connectivity index (χ3n) is 2.84. The molecule has 1 N–H and O–H groups in total. The molecule has 0 amide bonds. The molecule has 3 nitrogen and oxygen atoms in total. The van der Waals surface area contributed by atoms with Gasteiger partial charge in [0.25, 0.3) is 0 Å². The van der Waals surface area contributed by atoms with Crippen LogP contribution in [0.1, 0.15) is 37.4 Å². The molecule has 104 valence electrons. The van der Waals surface area contributed by atoms with E-state index in [1.54, 1.807) is 11.3 Å². The van der Waals surface area contributed by atoms with Gasteiger partial charge in [0.2, 0.25) is 0 Å². The van der Waals surface area contributed by atoms with E-state index in [0.29, 0.717) is 0 Å². The molecule has 0 fully saturated rings. The normalized spacial score (nSPS) is 12.8. The fourth-order valence-electron chi connectivity index (χ4n) is 2.04. The van der Waals surface area contributed by atoms with Gasteiger partial charge >= 0.3 is 0 Å². The summed E-state index contributed by atoms with van der Waals surface area (Å²) in [7, 11) is 0. The summed E-state index contributed by atoms with van der Waals surface area (Å²) in [5.74, 6) is 0. The number of nitrogens with zero attached hydrogens (tertiary/aromatic N) is 2. The fourth-order valence-corrected chi connectivity index (χ4v) is 4.94. The van der Waals surface area contributed by atoms with Crippen LogP contribution in [0.15, 0.2) is 26.0 Å². The molecule has 0 saturated heterocycles. The van der Waals surface area contributed by atoms with Crippen LogP contribution < -0.4 is 5.32 Å². The predicted molar refractivity (Wildman–Crippen MR) is 87.8 cm³/mol. The molecule has 19 heavy (non-hydrogen) atoms. The first kappa shape index (κ1) is 15.2. The van der Waals surface area contributed by atoms with Crippen molar-refractivity contribution in [2.45, 2.75) is 32.9 Å². The van der Waals surface area contributed by atoms with E-state index in [0.717, 1.165) is 27.1 Å². The molecule has 0 aliphatic carbocycles. The van der Waals surface area contributed by atoms with Gasteiger partial charge in [-0.05, 0) is 56.5 Å². The molecule has 2 aromatic heterocycles. The molecule has 0 aromatic carbocycles. The summed E-state index contributed by atoms with van der Waals surface area (Å²) in [5, 5.41) is 7.95. The Kier molecular flexibility index (Phi) is 5.62. The Balaban J connectivity index is 2.30. The van der Waals surface area contributed by atoms with E-state index in [9.17, 15) is 0 Å². The highest BCUT2D eigenvalue weighted by Crippen LogP contribution is 2.37. The Bertz CT molecular complexity index is 536. The topological polar surface area (TPSA) is 29.9 Å². The van der Waals surface area contributed by atoms with Crippen LogP contribution in [0.5, 0.6) is 0 Å². The van der Waals surface area contributed by atoms with Crippen LogP contribution in [0.2, 0.25) is 0 Å². The van der Waals surface area contributed by atoms with Crippen LogP contribution in [0.3, 0.4) is 0 Å². The first-order chi connectivity index (χ1) is 9.15. The second-order valence-electron chi connectivity index (χ2n) is 4.31. The number of halogens is 2. The minimum absolute atomic E-state index is 0.188. The average Bonchev–Trinajstić information content (AvgIpc) is 2.94. The summed E-state index contributed by atoms with van der Waals surface area (Å²) in [4.78, 5) is 0. The SMILES string of the molecule is CCCn1cc(C(NCC)c2cc(Br)sc2Br)cn1. The van der Waals surface area contributed by atoms with Crippen molar-refractivity contribution in [3.8, 4) is 0 Å². The predicted octanol–water partition coefficient (Wildman–Crippen LogP) is 4.58. The van der Waals surface area contributed by atoms with Crippen LogP contribution in [0.4, 0.5) is 0 Å². The minimum atomic E-state index is 0.188. The Hall–Kier alpha value is -0.170. The van der Waals surface area contributed by atoms with Crippen LogP contribution in [0, 0.1) is 0 Å². The zero-order valence-electron chi connectivity index (χ0n) is 11.0. The molecule has 0 aliphatic heterocycles. The lowest BCUT2D eigenvalue weighted by Crippen LogP contribution is -2.21. The van der Waals surface area contributed by atoms with Crippen molar-refractivity contribution in [2.24, 2.45) is 0 Å². The summed E-state index contributed by atoms with van der Waals surface area (Å²) < 4.78 is 4.31. The molecule has 0 aliphatic rings. The van der Waals surface area contributed by atoms with Crippen molar-refractivity contribution in [1.29, 1.82) is 0 Å². The Morgan fingerprint density at radius 2 is 2.21 bits per heavy atom. The summed E-state index contributed by atoms with van der Waals surface area (Å²) in [5.41, 5.74) is 2.47. The smallest absolute Gasteiger partial charge is 0.0761 e. The molecule has 1 atom stereocenters. The van der Waals surface area contributed by atoms with E-state index in [2.05, 4.69) is 68.4 Å². The number of hydrogen-bond donors (Lipinski definition) is 1. The Morgan fingerprint density at radius 1 is 1.42 bits per heavy atom. The zero-order chi connectivity index (χ0) is 13.8. The van der Waals surface area contributed by atoms with E-state index in [4.69, 9.17) is 0 Å². The molecular formula is C13H17Br2N3S. The quantitative estimate of drug-likeness (QED) is 0.760. The van der Waals surface area contributed by atoms with Crippen LogP contribution >= 0.6 is 43.2 Å². The average molecular weight is 407 g/mol. The lowest BCUT2D eigenvalue weighted by Gasteiger charge is -2.15. The Labute approximate surface area is 134 Å². The van der Waals surface area contributed by atoms with E-state index in [1.807, 2.05) is 10.9 Å². The maximum Gasteiger partial charge on any atom is 0.0761 e. The standard InChI is InChI=1S/C13H17Br2N3S/c1-3-5-18-8-9(7-17-18)12(16-4-2)10-6-11(14)19-13(10)15/h6-8,12,16H,3-5H2,1-2H3. The monoisotopic (exact) mass is 405 g/mol. The van der Waals surface area contributed by atoms with Gasteiger partial charge in [0.05, 0.1) is 19.8 Å². The van der Waals surface area contributed by atoms with Gasteiger partial charge in [0.15, 0.2) is 0 Å². The van der Waals surface area contributed by atoms with Gasteiger partial charge < -0.3 is 5.32 Å². The highest BCUT2D eigenvalue weighted by molar-refractivity contribution is 9.12. The third-order valence-corrected chi connectivity index (χ3v) is 5.23. The summed E-state index contributed by atoms with van der Waals surface area (Å²) in [6.07, 6.45) is 5.19. The minimum Gasteiger partial charge on any atom is -0.306 e. The van der Waals surface area contributed by atoms with Crippen molar-refractivity contribution < 1.29 is 0 Å². The molecule has 0 spiro atoms. The van der Waals surface area contributed by atoms with E-state index >= 15 is 0 Å². The van der Waals surface area contributed by atoms with Crippen molar-refractivity contribution in [1.82, 2.24) is 15.1 Å². The molecular weight excluding hydrogens is 390 g/mol. The summed E-state index contributed by atoms with van der Waals surface area (Å²) in [6, 6.07) is 2.35. The first-order valence-electron chi connectivity index (χ1n) is 6.36. The van der Waals surface area contributed by atoms with Crippen molar-refractivity contribution in [2.75, 3.05) is 6.54 Å². The van der Waals surface area contributed by atoms with E-state index in [1.165, 1.54) is 11.1 Å². The summed E-state index contributed by atoms with van der Waals surface area (Å²) >= 11 is 8.89. The van der Waals surface area contributed by atoms with Crippen LogP contribution in [-0.2, 0) is 6.54 Å². The molecule has 2 heterocycles. The van der Waals surface area contributed by atoms with Gasteiger partial charge in [-0.1, -0.05) is 13.8 Å². The van der Waals surface area contributed by atoms with Gasteiger partial charge in [-0.2, -0.15) is 5.10 Å². The molecule has 0 bridgehead atoms.